The first-order valence-electron chi connectivity index (χ1n) is 10.7. The summed E-state index contributed by atoms with van der Waals surface area (Å²) >= 11 is 0. The first kappa shape index (κ1) is 20.5. The number of nitrogens with one attached hydrogen (secondary N) is 2. The molecule has 2 unspecified atom stereocenters. The van der Waals surface area contributed by atoms with Gasteiger partial charge >= 0.3 is 0 Å². The lowest BCUT2D eigenvalue weighted by Crippen LogP contribution is -2.42. The van der Waals surface area contributed by atoms with E-state index in [0.29, 0.717) is 0 Å². The molecule has 2 atom stereocenters. The van der Waals surface area contributed by atoms with Gasteiger partial charge in [0.2, 0.25) is 0 Å². The third kappa shape index (κ3) is 7.53. The number of piperidine rings is 2. The fraction of sp³-hybridized carbons (Fsp3) is 0.950. The van der Waals surface area contributed by atoms with Gasteiger partial charge in [-0.3, -0.25) is 4.99 Å². The van der Waals surface area contributed by atoms with Crippen molar-refractivity contribution in [2.45, 2.75) is 65.3 Å². The summed E-state index contributed by atoms with van der Waals surface area (Å²) < 4.78 is 0. The van der Waals surface area contributed by atoms with Crippen molar-refractivity contribution >= 4 is 5.96 Å². The van der Waals surface area contributed by atoms with Crippen molar-refractivity contribution in [2.24, 2.45) is 10.9 Å². The summed E-state index contributed by atoms with van der Waals surface area (Å²) in [4.78, 5) is 10.1. The Morgan fingerprint density at radius 3 is 2.72 bits per heavy atom. The molecule has 25 heavy (non-hydrogen) atoms. The van der Waals surface area contributed by atoms with Crippen LogP contribution in [0.25, 0.3) is 0 Å². The minimum atomic E-state index is 0.721. The average Bonchev–Trinajstić information content (AvgIpc) is 2.64. The Morgan fingerprint density at radius 2 is 1.96 bits per heavy atom. The zero-order valence-corrected chi connectivity index (χ0v) is 16.9. The summed E-state index contributed by atoms with van der Waals surface area (Å²) in [6.45, 7) is 15.8. The van der Waals surface area contributed by atoms with Crippen molar-refractivity contribution in [3.8, 4) is 0 Å². The molecule has 2 fully saturated rings. The standard InChI is InChI=1S/C20H41N5/c1-4-21-20(23-16-19-11-8-13-24(5-2)17-19)22-12-9-15-25-14-7-6-10-18(25)3/h18-19H,4-17H2,1-3H3,(H2,21,22,23). The van der Waals surface area contributed by atoms with Crippen LogP contribution in [0.1, 0.15) is 59.3 Å². The van der Waals surface area contributed by atoms with Crippen LogP contribution in [0.5, 0.6) is 0 Å². The number of guanidine groups is 1. The van der Waals surface area contributed by atoms with Crippen molar-refractivity contribution in [3.63, 3.8) is 0 Å². The van der Waals surface area contributed by atoms with Gasteiger partial charge in [-0.15, -0.1) is 0 Å². The molecule has 2 N–H and O–H groups in total. The van der Waals surface area contributed by atoms with E-state index < -0.39 is 0 Å². The molecule has 0 aliphatic carbocycles. The number of hydrogen-bond donors (Lipinski definition) is 2. The molecule has 2 aliphatic heterocycles. The van der Waals surface area contributed by atoms with Gasteiger partial charge in [0.25, 0.3) is 0 Å². The number of nitrogens with zero attached hydrogens (tertiary/aromatic N) is 3. The number of rotatable bonds is 8. The van der Waals surface area contributed by atoms with Crippen LogP contribution in [0.3, 0.4) is 0 Å². The van der Waals surface area contributed by atoms with Crippen molar-refractivity contribution in [3.05, 3.63) is 0 Å². The highest BCUT2D eigenvalue weighted by Gasteiger charge is 2.19. The minimum Gasteiger partial charge on any atom is -0.357 e. The number of aliphatic imine (C=N–C) groups is 1. The van der Waals surface area contributed by atoms with E-state index in [1.807, 2.05) is 0 Å². The van der Waals surface area contributed by atoms with Gasteiger partial charge in [-0.05, 0) is 71.5 Å². The molecule has 5 nitrogen and oxygen atoms in total. The van der Waals surface area contributed by atoms with Crippen LogP contribution in [-0.2, 0) is 0 Å². The van der Waals surface area contributed by atoms with Gasteiger partial charge in [-0.25, -0.2) is 0 Å². The fourth-order valence-electron chi connectivity index (χ4n) is 4.13. The molecule has 5 heteroatoms. The van der Waals surface area contributed by atoms with Crippen LogP contribution in [0.15, 0.2) is 4.99 Å². The summed E-state index contributed by atoms with van der Waals surface area (Å²) in [7, 11) is 0. The molecule has 2 rings (SSSR count). The lowest BCUT2D eigenvalue weighted by molar-refractivity contribution is 0.159. The van der Waals surface area contributed by atoms with E-state index in [2.05, 4.69) is 41.2 Å². The highest BCUT2D eigenvalue weighted by molar-refractivity contribution is 5.79. The maximum atomic E-state index is 4.86. The van der Waals surface area contributed by atoms with Crippen molar-refractivity contribution in [2.75, 3.05) is 52.4 Å². The van der Waals surface area contributed by atoms with Crippen molar-refractivity contribution in [1.29, 1.82) is 0 Å². The Morgan fingerprint density at radius 1 is 1.08 bits per heavy atom. The molecule has 0 bridgehead atoms. The van der Waals surface area contributed by atoms with Crippen LogP contribution < -0.4 is 10.6 Å². The summed E-state index contributed by atoms with van der Waals surface area (Å²) in [5, 5.41) is 6.94. The number of likely N-dealkylation sites (tertiary alicyclic amines) is 2. The second-order valence-corrected chi connectivity index (χ2v) is 7.78. The molecule has 0 spiro atoms. The van der Waals surface area contributed by atoms with Gasteiger partial charge in [0, 0.05) is 38.8 Å². The lowest BCUT2D eigenvalue weighted by atomic mass is 9.98. The Bertz CT molecular complexity index is 384. The molecule has 0 saturated carbocycles. The third-order valence-electron chi connectivity index (χ3n) is 5.76. The van der Waals surface area contributed by atoms with Crippen LogP contribution in [0, 0.1) is 5.92 Å². The smallest absolute Gasteiger partial charge is 0.191 e. The summed E-state index contributed by atoms with van der Waals surface area (Å²) in [6.07, 6.45) is 8.00. The quantitative estimate of drug-likeness (QED) is 0.401. The van der Waals surface area contributed by atoms with E-state index in [4.69, 9.17) is 4.99 Å². The predicted octanol–water partition coefficient (Wildman–Crippen LogP) is 2.54. The van der Waals surface area contributed by atoms with Gasteiger partial charge in [-0.1, -0.05) is 13.3 Å². The maximum Gasteiger partial charge on any atom is 0.191 e. The Labute approximate surface area is 155 Å². The highest BCUT2D eigenvalue weighted by atomic mass is 15.2. The normalized spacial score (nSPS) is 26.6. The second-order valence-electron chi connectivity index (χ2n) is 7.78. The first-order chi connectivity index (χ1) is 12.2. The molecule has 0 amide bonds. The number of hydrogen-bond acceptors (Lipinski definition) is 3. The molecule has 2 aliphatic rings. The Hall–Kier alpha value is -0.810. The van der Waals surface area contributed by atoms with Gasteiger partial charge in [0.1, 0.15) is 0 Å². The molecule has 2 heterocycles. The molecular weight excluding hydrogens is 310 g/mol. The van der Waals surface area contributed by atoms with Gasteiger partial charge < -0.3 is 20.4 Å². The third-order valence-corrected chi connectivity index (χ3v) is 5.76. The lowest BCUT2D eigenvalue weighted by Gasteiger charge is -2.33. The Kier molecular flexibility index (Phi) is 9.63. The summed E-state index contributed by atoms with van der Waals surface area (Å²) in [5.41, 5.74) is 0. The van der Waals surface area contributed by atoms with E-state index in [0.717, 1.165) is 37.6 Å². The molecule has 146 valence electrons. The van der Waals surface area contributed by atoms with Crippen LogP contribution in [-0.4, -0.2) is 74.2 Å². The second kappa shape index (κ2) is 11.7. The fourth-order valence-corrected chi connectivity index (χ4v) is 4.13. The molecular formula is C20H41N5. The molecule has 0 aromatic heterocycles. The average molecular weight is 352 g/mol. The van der Waals surface area contributed by atoms with Crippen LogP contribution in [0.4, 0.5) is 0 Å². The van der Waals surface area contributed by atoms with E-state index in [-0.39, 0.29) is 0 Å². The molecule has 0 aromatic carbocycles. The van der Waals surface area contributed by atoms with E-state index in [9.17, 15) is 0 Å². The van der Waals surface area contributed by atoms with E-state index in [1.165, 1.54) is 71.2 Å². The van der Waals surface area contributed by atoms with Gasteiger partial charge in [0.15, 0.2) is 5.96 Å². The molecule has 0 radical (unpaired) electrons. The summed E-state index contributed by atoms with van der Waals surface area (Å²) in [5.74, 6) is 1.72. The Balaban J connectivity index is 1.68. The minimum absolute atomic E-state index is 0.721. The van der Waals surface area contributed by atoms with E-state index in [1.54, 1.807) is 0 Å². The largest absolute Gasteiger partial charge is 0.357 e. The van der Waals surface area contributed by atoms with E-state index >= 15 is 0 Å². The molecule has 0 aromatic rings. The maximum absolute atomic E-state index is 4.86. The summed E-state index contributed by atoms with van der Waals surface area (Å²) in [6, 6.07) is 0.767. The predicted molar refractivity (Wildman–Crippen MR) is 108 cm³/mol. The van der Waals surface area contributed by atoms with Crippen LogP contribution in [0.2, 0.25) is 0 Å². The van der Waals surface area contributed by atoms with Gasteiger partial charge in [0.05, 0.1) is 0 Å². The van der Waals surface area contributed by atoms with Crippen molar-refractivity contribution in [1.82, 2.24) is 20.4 Å². The van der Waals surface area contributed by atoms with Crippen LogP contribution >= 0.6 is 0 Å². The molecule has 2 saturated heterocycles. The monoisotopic (exact) mass is 351 g/mol. The zero-order chi connectivity index (χ0) is 17.9. The SMILES string of the molecule is CCNC(=NCC1CCCN(CC)C1)NCCCN1CCCCC1C. The van der Waals surface area contributed by atoms with Crippen molar-refractivity contribution < 1.29 is 0 Å². The zero-order valence-electron chi connectivity index (χ0n) is 16.9. The topological polar surface area (TPSA) is 42.9 Å². The first-order valence-corrected chi connectivity index (χ1v) is 10.7. The van der Waals surface area contributed by atoms with Gasteiger partial charge in [-0.2, -0.15) is 0 Å². The highest BCUT2D eigenvalue weighted by Crippen LogP contribution is 2.17.